The van der Waals surface area contributed by atoms with Crippen LogP contribution >= 0.6 is 0 Å². The van der Waals surface area contributed by atoms with Crippen molar-refractivity contribution in [2.45, 2.75) is 44.3 Å². The van der Waals surface area contributed by atoms with Crippen LogP contribution in [-0.2, 0) is 14.6 Å². The van der Waals surface area contributed by atoms with Gasteiger partial charge in [-0.3, -0.25) is 4.79 Å². The zero-order valence-electron chi connectivity index (χ0n) is 9.16. The van der Waals surface area contributed by atoms with Crippen LogP contribution in [0.15, 0.2) is 12.2 Å². The van der Waals surface area contributed by atoms with E-state index in [1.165, 1.54) is 0 Å². The van der Waals surface area contributed by atoms with Gasteiger partial charge in [0.05, 0.1) is 5.75 Å². The predicted octanol–water partition coefficient (Wildman–Crippen LogP) is 1.88. The highest BCUT2D eigenvalue weighted by molar-refractivity contribution is 7.92. The molecule has 1 aliphatic heterocycles. The third kappa shape index (κ3) is 3.45. The van der Waals surface area contributed by atoms with E-state index >= 15 is 0 Å². The number of carbonyl (C=O) groups is 1. The maximum Gasteiger partial charge on any atom is 0.160 e. The molecule has 0 bridgehead atoms. The van der Waals surface area contributed by atoms with Gasteiger partial charge in [-0.1, -0.05) is 12.0 Å². The largest absolute Gasteiger partial charge is 0.298 e. The third-order valence-electron chi connectivity index (χ3n) is 2.74. The zero-order chi connectivity index (χ0) is 11.5. The zero-order valence-corrected chi connectivity index (χ0v) is 9.98. The number of hydrogen-bond donors (Lipinski definition) is 0. The topological polar surface area (TPSA) is 51.2 Å². The minimum Gasteiger partial charge on any atom is -0.298 e. The summed E-state index contributed by atoms with van der Waals surface area (Å²) >= 11 is 0. The van der Waals surface area contributed by atoms with Gasteiger partial charge in [-0.2, -0.15) is 0 Å². The van der Waals surface area contributed by atoms with Gasteiger partial charge < -0.3 is 0 Å². The van der Waals surface area contributed by atoms with Gasteiger partial charge in [0.2, 0.25) is 0 Å². The molecule has 0 saturated carbocycles. The fraction of sp³-hybridized carbons (Fsp3) is 0.727. The maximum absolute atomic E-state index is 11.7. The molecule has 1 saturated heterocycles. The highest BCUT2D eigenvalue weighted by Gasteiger charge is 2.33. The molecule has 0 aliphatic carbocycles. The summed E-state index contributed by atoms with van der Waals surface area (Å²) in [4.78, 5) is 11.7. The molecule has 0 amide bonds. The summed E-state index contributed by atoms with van der Waals surface area (Å²) in [6.07, 6.45) is 2.98. The first-order chi connectivity index (χ1) is 6.93. The number of allylic oxidation sites excluding steroid dienone is 1. The fourth-order valence-electron chi connectivity index (χ4n) is 1.81. The lowest BCUT2D eigenvalue weighted by molar-refractivity contribution is -0.118. The average Bonchev–Trinajstić information content (AvgIpc) is 2.13. The van der Waals surface area contributed by atoms with E-state index in [0.717, 1.165) is 12.0 Å². The minimum atomic E-state index is -3.15. The van der Waals surface area contributed by atoms with Crippen LogP contribution in [0.25, 0.3) is 0 Å². The molecular weight excluding hydrogens is 212 g/mol. The molecule has 1 fully saturated rings. The number of ketones is 1. The van der Waals surface area contributed by atoms with Crippen molar-refractivity contribution in [3.05, 3.63) is 12.2 Å². The quantitative estimate of drug-likeness (QED) is 0.693. The molecule has 0 spiro atoms. The molecule has 86 valence electrons. The van der Waals surface area contributed by atoms with Crippen LogP contribution in [0.1, 0.15) is 39.0 Å². The Labute approximate surface area is 91.5 Å². The van der Waals surface area contributed by atoms with Crippen LogP contribution in [0.4, 0.5) is 0 Å². The van der Waals surface area contributed by atoms with Crippen LogP contribution < -0.4 is 0 Å². The summed E-state index contributed by atoms with van der Waals surface area (Å²) in [5.74, 6) is 0.0499. The average molecular weight is 230 g/mol. The maximum atomic E-state index is 11.7. The Hall–Kier alpha value is -0.640. The molecule has 1 unspecified atom stereocenters. The van der Waals surface area contributed by atoms with Crippen molar-refractivity contribution >= 4 is 15.6 Å². The van der Waals surface area contributed by atoms with Crippen molar-refractivity contribution in [2.75, 3.05) is 5.75 Å². The Morgan fingerprint density at radius 1 is 1.33 bits per heavy atom. The van der Waals surface area contributed by atoms with Gasteiger partial charge in [0.25, 0.3) is 0 Å². The van der Waals surface area contributed by atoms with Crippen LogP contribution in [0.3, 0.4) is 0 Å². The Bertz CT molecular complexity index is 354. The lowest BCUT2D eigenvalue weighted by Gasteiger charge is -2.20. The lowest BCUT2D eigenvalue weighted by atomic mass is 10.0. The van der Waals surface area contributed by atoms with E-state index in [1.54, 1.807) is 0 Å². The lowest BCUT2D eigenvalue weighted by Crippen LogP contribution is -2.35. The molecule has 1 atom stereocenters. The van der Waals surface area contributed by atoms with Crippen LogP contribution in [0.5, 0.6) is 0 Å². The van der Waals surface area contributed by atoms with Gasteiger partial charge in [0, 0.05) is 6.42 Å². The van der Waals surface area contributed by atoms with Gasteiger partial charge in [0.15, 0.2) is 15.6 Å². The van der Waals surface area contributed by atoms with E-state index in [2.05, 4.69) is 6.58 Å². The molecule has 0 aromatic heterocycles. The van der Waals surface area contributed by atoms with Crippen molar-refractivity contribution in [2.24, 2.45) is 0 Å². The molecular formula is C11H18O3S. The van der Waals surface area contributed by atoms with Crippen molar-refractivity contribution < 1.29 is 13.2 Å². The summed E-state index contributed by atoms with van der Waals surface area (Å²) < 4.78 is 23.2. The van der Waals surface area contributed by atoms with Gasteiger partial charge in [-0.05, 0) is 26.2 Å². The van der Waals surface area contributed by atoms with Crippen LogP contribution in [0.2, 0.25) is 0 Å². The second kappa shape index (κ2) is 4.92. The molecule has 0 N–H and O–H groups in total. The SMILES string of the molecule is C=C(C)CCC(=O)C1CCCCS1(=O)=O. The third-order valence-corrected chi connectivity index (χ3v) is 4.96. The van der Waals surface area contributed by atoms with E-state index in [0.29, 0.717) is 25.7 Å². The normalized spacial score (nSPS) is 24.7. The van der Waals surface area contributed by atoms with Crippen molar-refractivity contribution in [1.82, 2.24) is 0 Å². The highest BCUT2D eigenvalue weighted by Crippen LogP contribution is 2.22. The number of carbonyl (C=O) groups excluding carboxylic acids is 1. The van der Waals surface area contributed by atoms with Crippen LogP contribution in [0, 0.1) is 0 Å². The Kier molecular flexibility index (Phi) is 4.08. The van der Waals surface area contributed by atoms with E-state index in [4.69, 9.17) is 0 Å². The summed E-state index contributed by atoms with van der Waals surface area (Å²) in [6.45, 7) is 5.56. The van der Waals surface area contributed by atoms with Gasteiger partial charge in [-0.25, -0.2) is 8.42 Å². The monoisotopic (exact) mass is 230 g/mol. The van der Waals surface area contributed by atoms with Gasteiger partial charge in [0.1, 0.15) is 5.25 Å². The number of hydrogen-bond acceptors (Lipinski definition) is 3. The molecule has 1 aliphatic rings. The van der Waals surface area contributed by atoms with Gasteiger partial charge >= 0.3 is 0 Å². The Morgan fingerprint density at radius 3 is 2.53 bits per heavy atom. The molecule has 0 radical (unpaired) electrons. The van der Waals surface area contributed by atoms with Crippen molar-refractivity contribution in [3.63, 3.8) is 0 Å². The molecule has 3 nitrogen and oxygen atoms in total. The van der Waals surface area contributed by atoms with E-state index in [1.807, 2.05) is 6.92 Å². The molecule has 4 heteroatoms. The highest BCUT2D eigenvalue weighted by atomic mass is 32.2. The van der Waals surface area contributed by atoms with Gasteiger partial charge in [-0.15, -0.1) is 6.58 Å². The van der Waals surface area contributed by atoms with E-state index in [-0.39, 0.29) is 11.5 Å². The Morgan fingerprint density at radius 2 is 2.00 bits per heavy atom. The molecule has 0 aromatic carbocycles. The first kappa shape index (κ1) is 12.4. The summed E-state index contributed by atoms with van der Waals surface area (Å²) in [6, 6.07) is 0. The van der Waals surface area contributed by atoms with Crippen molar-refractivity contribution in [1.29, 1.82) is 0 Å². The summed E-state index contributed by atoms with van der Waals surface area (Å²) in [5.41, 5.74) is 0.927. The molecule has 15 heavy (non-hydrogen) atoms. The number of rotatable bonds is 4. The summed E-state index contributed by atoms with van der Waals surface area (Å²) in [7, 11) is -3.15. The standard InChI is InChI=1S/C11H18O3S/c1-9(2)6-7-10(12)11-5-3-4-8-15(11,13)14/h11H,1,3-8H2,2H3. The Balaban J connectivity index is 2.61. The number of Topliss-reactive ketones (excluding diaryl/α,β-unsaturated/α-hetero) is 1. The minimum absolute atomic E-state index is 0.127. The molecule has 1 rings (SSSR count). The smallest absolute Gasteiger partial charge is 0.160 e. The molecule has 1 heterocycles. The fourth-order valence-corrected chi connectivity index (χ4v) is 3.75. The van der Waals surface area contributed by atoms with Crippen molar-refractivity contribution in [3.8, 4) is 0 Å². The second-order valence-corrected chi connectivity index (χ2v) is 6.58. The predicted molar refractivity (Wildman–Crippen MR) is 60.5 cm³/mol. The number of sulfone groups is 1. The first-order valence-electron chi connectivity index (χ1n) is 5.32. The van der Waals surface area contributed by atoms with E-state index in [9.17, 15) is 13.2 Å². The second-order valence-electron chi connectivity index (χ2n) is 4.27. The summed E-state index contributed by atoms with van der Waals surface area (Å²) in [5, 5.41) is -0.731. The van der Waals surface area contributed by atoms with Crippen LogP contribution in [-0.4, -0.2) is 25.2 Å². The first-order valence-corrected chi connectivity index (χ1v) is 7.03. The molecule has 0 aromatic rings. The van der Waals surface area contributed by atoms with E-state index < -0.39 is 15.1 Å².